The lowest BCUT2D eigenvalue weighted by molar-refractivity contribution is 0.340. The van der Waals surface area contributed by atoms with Gasteiger partial charge >= 0.3 is 0 Å². The summed E-state index contributed by atoms with van der Waals surface area (Å²) in [7, 11) is 0. The molecule has 0 saturated heterocycles. The van der Waals surface area contributed by atoms with Crippen molar-refractivity contribution >= 4 is 35.7 Å². The summed E-state index contributed by atoms with van der Waals surface area (Å²) in [6.45, 7) is 2.43. The lowest BCUT2D eigenvalue weighted by Crippen LogP contribution is -2.18. The number of ether oxygens (including phenoxy) is 2. The summed E-state index contributed by atoms with van der Waals surface area (Å²) in [5, 5.41) is 11.3. The molecule has 4 aromatic rings. The molecule has 2 N–H and O–H groups in total. The molecule has 172 valence electrons. The van der Waals surface area contributed by atoms with E-state index in [-0.39, 0.29) is 16.2 Å². The van der Waals surface area contributed by atoms with Crippen molar-refractivity contribution in [1.29, 1.82) is 0 Å². The van der Waals surface area contributed by atoms with Crippen LogP contribution in [0.2, 0.25) is 5.02 Å². The zero-order valence-electron chi connectivity index (χ0n) is 18.1. The Morgan fingerprint density at radius 1 is 1.06 bits per heavy atom. The summed E-state index contributed by atoms with van der Waals surface area (Å²) in [5.41, 5.74) is 0.546. The van der Waals surface area contributed by atoms with Gasteiger partial charge in [0.05, 0.1) is 23.0 Å². The van der Waals surface area contributed by atoms with E-state index in [2.05, 4.69) is 9.98 Å². The Labute approximate surface area is 205 Å². The summed E-state index contributed by atoms with van der Waals surface area (Å²) in [4.78, 5) is 19.3. The third kappa shape index (κ3) is 5.19. The monoisotopic (exact) mass is 493 g/mol. The summed E-state index contributed by atoms with van der Waals surface area (Å²) in [5.74, 6) is 1.49. The fourth-order valence-electron chi connectivity index (χ4n) is 3.15. The molecule has 9 heteroatoms. The van der Waals surface area contributed by atoms with Crippen LogP contribution < -0.4 is 15.0 Å². The van der Waals surface area contributed by atoms with Gasteiger partial charge in [-0.2, -0.15) is 0 Å². The fourth-order valence-corrected chi connectivity index (χ4v) is 3.61. The van der Waals surface area contributed by atoms with E-state index in [4.69, 9.17) is 33.3 Å². The van der Waals surface area contributed by atoms with Crippen LogP contribution in [-0.2, 0) is 0 Å². The number of nitrogens with zero attached hydrogens (tertiary/aromatic N) is 2. The van der Waals surface area contributed by atoms with E-state index in [0.717, 1.165) is 0 Å². The van der Waals surface area contributed by atoms with Crippen LogP contribution in [0.1, 0.15) is 12.5 Å². The van der Waals surface area contributed by atoms with E-state index >= 15 is 0 Å². The number of hydrogen-bond donors (Lipinski definition) is 2. The van der Waals surface area contributed by atoms with Gasteiger partial charge in [0.15, 0.2) is 4.77 Å². The number of rotatable bonds is 7. The van der Waals surface area contributed by atoms with Crippen LogP contribution in [0.4, 0.5) is 5.69 Å². The van der Waals surface area contributed by atoms with E-state index in [1.54, 1.807) is 60.7 Å². The topological polar surface area (TPSA) is 88.8 Å². The van der Waals surface area contributed by atoms with E-state index in [1.807, 2.05) is 19.1 Å². The number of aromatic nitrogens is 2. The number of H-pyrrole nitrogens is 1. The molecule has 0 fully saturated rings. The van der Waals surface area contributed by atoms with E-state index < -0.39 is 5.56 Å². The van der Waals surface area contributed by atoms with Gasteiger partial charge in [-0.05, 0) is 79.8 Å². The van der Waals surface area contributed by atoms with Crippen LogP contribution in [0.3, 0.4) is 0 Å². The van der Waals surface area contributed by atoms with Gasteiger partial charge in [-0.3, -0.25) is 19.3 Å². The Hall–Kier alpha value is -3.88. The zero-order chi connectivity index (χ0) is 24.1. The smallest absolute Gasteiger partial charge is 0.264 e. The molecule has 0 radical (unpaired) electrons. The van der Waals surface area contributed by atoms with Crippen LogP contribution in [0, 0.1) is 4.77 Å². The van der Waals surface area contributed by atoms with Gasteiger partial charge in [0.25, 0.3) is 5.56 Å². The van der Waals surface area contributed by atoms with Gasteiger partial charge in [0.1, 0.15) is 22.8 Å². The molecule has 7 nitrogen and oxygen atoms in total. The lowest BCUT2D eigenvalue weighted by atomic mass is 10.2. The molecular weight excluding hydrogens is 474 g/mol. The molecule has 0 saturated carbocycles. The second kappa shape index (κ2) is 10.4. The normalized spacial score (nSPS) is 11.0. The highest BCUT2D eigenvalue weighted by molar-refractivity contribution is 7.71. The number of aliphatic imine (C=N–C) groups is 1. The van der Waals surface area contributed by atoms with E-state index in [1.165, 1.54) is 10.8 Å². The van der Waals surface area contributed by atoms with Crippen molar-refractivity contribution in [3.8, 4) is 28.8 Å². The van der Waals surface area contributed by atoms with Gasteiger partial charge in [-0.1, -0.05) is 23.7 Å². The predicted molar refractivity (Wildman–Crippen MR) is 135 cm³/mol. The molecule has 4 rings (SSSR count). The number of aromatic hydroxyl groups is 1. The summed E-state index contributed by atoms with van der Waals surface area (Å²) in [6, 6.07) is 21.0. The molecule has 1 heterocycles. The van der Waals surface area contributed by atoms with Gasteiger partial charge in [-0.25, -0.2) is 0 Å². The van der Waals surface area contributed by atoms with Crippen molar-refractivity contribution in [2.24, 2.45) is 4.99 Å². The summed E-state index contributed by atoms with van der Waals surface area (Å²) < 4.78 is 12.6. The number of nitrogens with one attached hydrogen (secondary N) is 1. The molecule has 0 spiro atoms. The van der Waals surface area contributed by atoms with Crippen molar-refractivity contribution in [2.75, 3.05) is 6.61 Å². The molecule has 0 bridgehead atoms. The van der Waals surface area contributed by atoms with Gasteiger partial charge in [-0.15, -0.1) is 0 Å². The number of para-hydroxylation sites is 1. The maximum absolute atomic E-state index is 12.5. The quantitative estimate of drug-likeness (QED) is 0.236. The maximum Gasteiger partial charge on any atom is 0.264 e. The van der Waals surface area contributed by atoms with Gasteiger partial charge in [0, 0.05) is 6.21 Å². The Morgan fingerprint density at radius 3 is 2.41 bits per heavy atom. The first-order valence-electron chi connectivity index (χ1n) is 10.3. The van der Waals surface area contributed by atoms with Crippen molar-refractivity contribution in [3.63, 3.8) is 0 Å². The number of aromatic amines is 1. The van der Waals surface area contributed by atoms with Crippen LogP contribution >= 0.6 is 23.8 Å². The average Bonchev–Trinajstić information content (AvgIpc) is 2.82. The highest BCUT2D eigenvalue weighted by atomic mass is 35.5. The second-order valence-electron chi connectivity index (χ2n) is 7.04. The second-order valence-corrected chi connectivity index (χ2v) is 7.84. The molecule has 34 heavy (non-hydrogen) atoms. The molecule has 0 aliphatic rings. The summed E-state index contributed by atoms with van der Waals surface area (Å²) >= 11 is 11.4. The van der Waals surface area contributed by atoms with Crippen molar-refractivity contribution in [1.82, 2.24) is 9.55 Å². The van der Waals surface area contributed by atoms with Gasteiger partial charge < -0.3 is 14.6 Å². The minimum atomic E-state index is -0.549. The highest BCUT2D eigenvalue weighted by Crippen LogP contribution is 2.30. The first-order chi connectivity index (χ1) is 16.5. The third-order valence-electron chi connectivity index (χ3n) is 4.77. The van der Waals surface area contributed by atoms with Crippen LogP contribution in [-0.4, -0.2) is 27.5 Å². The Morgan fingerprint density at radius 2 is 1.74 bits per heavy atom. The molecule has 0 amide bonds. The zero-order valence-corrected chi connectivity index (χ0v) is 19.6. The number of hydrogen-bond acceptors (Lipinski definition) is 6. The molecular formula is C25H20ClN3O4S. The first-order valence-corrected chi connectivity index (χ1v) is 11.1. The Balaban J connectivity index is 1.59. The fraction of sp³-hybridized carbons (Fsp3) is 0.0800. The van der Waals surface area contributed by atoms with Crippen molar-refractivity contribution < 1.29 is 14.6 Å². The minimum absolute atomic E-state index is 0.0288. The van der Waals surface area contributed by atoms with Crippen molar-refractivity contribution in [3.05, 3.63) is 98.5 Å². The SMILES string of the molecule is CCOc1ccc(-n2c(O)c(C=Nc3ccc(Oc4ccccc4Cl)cc3)c(=O)[nH]c2=S)cc1. The molecule has 0 atom stereocenters. The molecule has 3 aromatic carbocycles. The van der Waals surface area contributed by atoms with E-state index in [9.17, 15) is 9.90 Å². The third-order valence-corrected chi connectivity index (χ3v) is 5.37. The lowest BCUT2D eigenvalue weighted by Gasteiger charge is -2.12. The predicted octanol–water partition coefficient (Wildman–Crippen LogP) is 6.20. The first kappa shape index (κ1) is 23.3. The molecule has 0 unspecified atom stereocenters. The minimum Gasteiger partial charge on any atom is -0.494 e. The standard InChI is InChI=1S/C25H20ClN3O4S/c1-2-32-18-13-9-17(10-14-18)29-24(31)20(23(30)28-25(29)34)15-27-16-7-11-19(12-8-16)33-22-6-4-3-5-21(22)26/h3-15,31H,2H2,1H3,(H,28,30,34). The summed E-state index contributed by atoms with van der Waals surface area (Å²) in [6.07, 6.45) is 1.29. The highest BCUT2D eigenvalue weighted by Gasteiger charge is 2.13. The maximum atomic E-state index is 12.5. The van der Waals surface area contributed by atoms with Crippen LogP contribution in [0.15, 0.2) is 82.6 Å². The number of benzene rings is 3. The van der Waals surface area contributed by atoms with Gasteiger partial charge in [0.2, 0.25) is 5.88 Å². The largest absolute Gasteiger partial charge is 0.494 e. The average molecular weight is 494 g/mol. The molecule has 1 aromatic heterocycles. The van der Waals surface area contributed by atoms with E-state index in [0.29, 0.717) is 40.3 Å². The van der Waals surface area contributed by atoms with Crippen LogP contribution in [0.5, 0.6) is 23.1 Å². The van der Waals surface area contributed by atoms with Crippen LogP contribution in [0.25, 0.3) is 5.69 Å². The molecule has 0 aliphatic carbocycles. The Kier molecular flexibility index (Phi) is 7.10. The molecule has 0 aliphatic heterocycles. The number of halogens is 1. The Bertz CT molecular complexity index is 1450. The van der Waals surface area contributed by atoms with Crippen molar-refractivity contribution in [2.45, 2.75) is 6.92 Å².